The largest absolute Gasteiger partial charge is 0.452 e. The normalized spacial score (nSPS) is 12.9. The van der Waals surface area contributed by atoms with Gasteiger partial charge in [0.1, 0.15) is 33.6 Å². The van der Waals surface area contributed by atoms with Crippen LogP contribution >= 0.6 is 34.3 Å². The first kappa shape index (κ1) is 63.8. The summed E-state index contributed by atoms with van der Waals surface area (Å²) in [5.74, 6) is 0.829. The first-order chi connectivity index (χ1) is 56.0. The van der Waals surface area contributed by atoms with Gasteiger partial charge in [-0.05, 0) is 135 Å². The molecular formula is C101H58ClN7O2S2. The predicted octanol–water partition coefficient (Wildman–Crippen LogP) is 28.5. The van der Waals surface area contributed by atoms with E-state index >= 15 is 0 Å². The Labute approximate surface area is 656 Å². The van der Waals surface area contributed by atoms with Crippen molar-refractivity contribution in [2.45, 2.75) is 5.92 Å². The van der Waals surface area contributed by atoms with Gasteiger partial charge in [0.2, 0.25) is 11.2 Å². The number of furan rings is 2. The maximum Gasteiger partial charge on any atom is 0.236 e. The smallest absolute Gasteiger partial charge is 0.236 e. The number of rotatable bonds is 5. The van der Waals surface area contributed by atoms with E-state index in [4.69, 9.17) is 30.4 Å². The van der Waals surface area contributed by atoms with E-state index in [-0.39, 0.29) is 11.2 Å². The first-order valence-corrected chi connectivity index (χ1v) is 39.9. The van der Waals surface area contributed by atoms with Crippen LogP contribution in [-0.2, 0) is 0 Å². The molecule has 0 spiro atoms. The van der Waals surface area contributed by atoms with Crippen LogP contribution in [0.3, 0.4) is 0 Å². The number of aromatic amines is 1. The van der Waals surface area contributed by atoms with Gasteiger partial charge >= 0.3 is 0 Å². The molecule has 528 valence electrons. The number of nitrogens with zero attached hydrogens (tertiary/aromatic N) is 6. The molecule has 25 aromatic rings. The van der Waals surface area contributed by atoms with Crippen LogP contribution in [0.1, 0.15) is 22.6 Å². The highest BCUT2D eigenvalue weighted by molar-refractivity contribution is 7.27. The summed E-state index contributed by atoms with van der Waals surface area (Å²) >= 11 is 10.1. The van der Waals surface area contributed by atoms with Gasteiger partial charge in [-0.3, -0.25) is 4.57 Å². The molecule has 9 aromatic heterocycles. The minimum Gasteiger partial charge on any atom is -0.452 e. The Bertz CT molecular complexity index is 8310. The highest BCUT2D eigenvalue weighted by Crippen LogP contribution is 2.53. The molecule has 0 bridgehead atoms. The summed E-state index contributed by atoms with van der Waals surface area (Å²) in [6.07, 6.45) is 0. The summed E-state index contributed by atoms with van der Waals surface area (Å²) in [4.78, 5) is 23.8. The molecule has 1 aliphatic rings. The van der Waals surface area contributed by atoms with Crippen LogP contribution in [0.15, 0.2) is 349 Å². The number of aromatic nitrogens is 7. The maximum atomic E-state index is 6.69. The SMILES string of the molecule is Clc1nc(-c2ccc3c(c2)-c2ccccc2C3c2ccccc2)c2oc3ccccc3c2n1.c1ccc(-n2c3ccccc3c3cc(-c4nc(-n5c6ccccc6c6c7ccccc7c7sc8ccccc8c7c65)nc5c4oc4ccccc45)ccc32)cc1.c1ccc2c(c1)[nH]c1c2c2ccccc2c2sc3ccccc3c12. The van der Waals surface area contributed by atoms with Crippen molar-refractivity contribution < 1.29 is 8.83 Å². The molecule has 0 amide bonds. The van der Waals surface area contributed by atoms with E-state index in [1.165, 1.54) is 128 Å². The second kappa shape index (κ2) is 25.0. The van der Waals surface area contributed by atoms with Crippen molar-refractivity contribution in [3.8, 4) is 45.3 Å². The lowest BCUT2D eigenvalue weighted by Crippen LogP contribution is -2.03. The van der Waals surface area contributed by atoms with Gasteiger partial charge in [-0.2, -0.15) is 0 Å². The number of thiophene rings is 2. The predicted molar refractivity (Wildman–Crippen MR) is 473 cm³/mol. The molecule has 0 saturated carbocycles. The molecule has 0 radical (unpaired) electrons. The Morgan fingerprint density at radius 1 is 0.336 bits per heavy atom. The summed E-state index contributed by atoms with van der Waals surface area (Å²) in [7, 11) is 0. The van der Waals surface area contributed by atoms with Gasteiger partial charge in [-0.25, -0.2) is 19.9 Å². The number of halogens is 1. The van der Waals surface area contributed by atoms with Gasteiger partial charge in [0.15, 0.2) is 11.2 Å². The molecule has 0 aliphatic heterocycles. The van der Waals surface area contributed by atoms with Crippen LogP contribution in [0.4, 0.5) is 0 Å². The first-order valence-electron chi connectivity index (χ1n) is 37.9. The molecule has 26 rings (SSSR count). The third-order valence-electron chi connectivity index (χ3n) is 23.0. The lowest BCUT2D eigenvalue weighted by Gasteiger charge is -2.14. The number of para-hydroxylation sites is 6. The second-order valence-corrected chi connectivity index (χ2v) is 31.6. The third kappa shape index (κ3) is 9.63. The molecule has 1 aliphatic carbocycles. The summed E-state index contributed by atoms with van der Waals surface area (Å²) in [6.45, 7) is 0. The fourth-order valence-corrected chi connectivity index (χ4v) is 20.9. The van der Waals surface area contributed by atoms with Gasteiger partial charge < -0.3 is 18.4 Å². The Hall–Kier alpha value is -14.1. The van der Waals surface area contributed by atoms with E-state index in [1.54, 1.807) is 0 Å². The average Bonchev–Trinajstić information content (AvgIpc) is 1.54. The van der Waals surface area contributed by atoms with Gasteiger partial charge in [0.25, 0.3) is 0 Å². The van der Waals surface area contributed by atoms with Crippen molar-refractivity contribution in [2.24, 2.45) is 0 Å². The zero-order valence-electron chi connectivity index (χ0n) is 60.1. The van der Waals surface area contributed by atoms with Crippen LogP contribution in [-0.4, -0.2) is 34.1 Å². The lowest BCUT2D eigenvalue weighted by atomic mass is 9.89. The molecular weight excluding hydrogens is 1440 g/mol. The Balaban J connectivity index is 0.000000109. The fraction of sp³-hybridized carbons (Fsp3) is 0.00990. The van der Waals surface area contributed by atoms with Crippen molar-refractivity contribution in [3.63, 3.8) is 0 Å². The van der Waals surface area contributed by atoms with Crippen LogP contribution < -0.4 is 0 Å². The lowest BCUT2D eigenvalue weighted by molar-refractivity contribution is 0.666. The molecule has 16 aromatic carbocycles. The van der Waals surface area contributed by atoms with Crippen molar-refractivity contribution in [1.82, 2.24) is 34.1 Å². The summed E-state index contributed by atoms with van der Waals surface area (Å²) in [5.41, 5.74) is 22.3. The van der Waals surface area contributed by atoms with Crippen LogP contribution in [0.2, 0.25) is 5.28 Å². The van der Waals surface area contributed by atoms with Crippen molar-refractivity contribution in [2.75, 3.05) is 0 Å². The average molecular weight is 1500 g/mol. The number of hydrogen-bond donors (Lipinski definition) is 1. The quantitative estimate of drug-likeness (QED) is 0.172. The second-order valence-electron chi connectivity index (χ2n) is 29.1. The minimum absolute atomic E-state index is 0.214. The molecule has 1 unspecified atom stereocenters. The summed E-state index contributed by atoms with van der Waals surface area (Å²) in [5, 5.41) is 19.9. The monoisotopic (exact) mass is 1500 g/mol. The van der Waals surface area contributed by atoms with Gasteiger partial charge in [0.05, 0.1) is 27.6 Å². The zero-order chi connectivity index (χ0) is 74.1. The number of nitrogens with one attached hydrogen (secondary N) is 1. The third-order valence-corrected chi connectivity index (χ3v) is 25.6. The van der Waals surface area contributed by atoms with Crippen LogP contribution in [0.25, 0.3) is 217 Å². The van der Waals surface area contributed by atoms with E-state index in [2.05, 4.69) is 327 Å². The van der Waals surface area contributed by atoms with Crippen molar-refractivity contribution in [1.29, 1.82) is 0 Å². The number of fused-ring (bicyclic) bond motifs is 32. The molecule has 12 heteroatoms. The van der Waals surface area contributed by atoms with Gasteiger partial charge in [-0.15, -0.1) is 22.7 Å². The number of H-pyrrole nitrogens is 1. The van der Waals surface area contributed by atoms with E-state index in [1.807, 2.05) is 59.1 Å². The molecule has 0 fully saturated rings. The van der Waals surface area contributed by atoms with Crippen molar-refractivity contribution in [3.05, 3.63) is 362 Å². The summed E-state index contributed by atoms with van der Waals surface area (Å²) < 4.78 is 22.8. The zero-order valence-corrected chi connectivity index (χ0v) is 62.5. The fourth-order valence-electron chi connectivity index (χ4n) is 18.3. The Morgan fingerprint density at radius 2 is 0.832 bits per heavy atom. The molecule has 0 saturated heterocycles. The topological polar surface area (TPSA) is 103 Å². The molecule has 9 nitrogen and oxygen atoms in total. The summed E-state index contributed by atoms with van der Waals surface area (Å²) in [6, 6.07) is 120. The standard InChI is InChI=1S/C50H28N4OS.C29H17ClN2O.C22H13NS/c1-2-14-30(15-3-1)53-38-22-10-6-16-31(38)37-28-29(26-27-40(37)53)45-48-46(35-20-8-12-24-41(35)55-48)52-50(51-45)54-39-23-11-7-19-34(39)43-32-17-4-5-18-33(32)49-44(47(43)54)36-21-9-13-25-42(36)56-49;30-29-31-26(28-27(32-29)22-12-6-7-13-24(22)33-28)18-14-15-21-23(16-18)19-10-4-5-11-20(19)25(21)17-8-2-1-3-9-17;1-2-8-14-13(7-1)19-15-9-3-5-11-17(15)23-21(19)20-16-10-4-6-12-18(16)24-22(14)20/h1-28H;1-16,25H;1-12,23H. The van der Waals surface area contributed by atoms with E-state index in [9.17, 15) is 0 Å². The molecule has 9 heterocycles. The minimum atomic E-state index is 0.214. The van der Waals surface area contributed by atoms with E-state index < -0.39 is 0 Å². The van der Waals surface area contributed by atoms with Crippen molar-refractivity contribution >= 4 is 206 Å². The van der Waals surface area contributed by atoms with Crippen LogP contribution in [0, 0.1) is 0 Å². The molecule has 113 heavy (non-hydrogen) atoms. The highest BCUT2D eigenvalue weighted by atomic mass is 35.5. The Kier molecular flexibility index (Phi) is 14.1. The number of hydrogen-bond acceptors (Lipinski definition) is 8. The molecule has 1 N–H and O–H groups in total. The van der Waals surface area contributed by atoms with Gasteiger partial charge in [-0.1, -0.05) is 255 Å². The van der Waals surface area contributed by atoms with Gasteiger partial charge in [0, 0.05) is 122 Å². The maximum absolute atomic E-state index is 6.69. The Morgan fingerprint density at radius 3 is 1.54 bits per heavy atom. The van der Waals surface area contributed by atoms with E-state index in [0.717, 1.165) is 82.9 Å². The number of benzene rings is 16. The molecule has 1 atom stereocenters. The highest BCUT2D eigenvalue weighted by Gasteiger charge is 2.32. The van der Waals surface area contributed by atoms with Crippen LogP contribution in [0.5, 0.6) is 0 Å². The van der Waals surface area contributed by atoms with E-state index in [0.29, 0.717) is 22.8 Å².